The van der Waals surface area contributed by atoms with Crippen LogP contribution in [0, 0.1) is 12.8 Å². The quantitative estimate of drug-likeness (QED) is 0.778. The molecule has 3 aliphatic rings. The van der Waals surface area contributed by atoms with Gasteiger partial charge in [0.05, 0.1) is 4.90 Å². The Kier molecular flexibility index (Phi) is 3.07. The summed E-state index contributed by atoms with van der Waals surface area (Å²) in [5.74, 6) is 0.207. The summed E-state index contributed by atoms with van der Waals surface area (Å²) in [5.41, 5.74) is 1.07. The minimum absolute atomic E-state index is 0.0405. The average Bonchev–Trinajstić information content (AvgIpc) is 2.74. The molecular weight excluding hydrogens is 258 g/mol. The second kappa shape index (κ2) is 4.62. The van der Waals surface area contributed by atoms with Gasteiger partial charge in [0.15, 0.2) is 0 Å². The van der Waals surface area contributed by atoms with Crippen LogP contribution in [0.15, 0.2) is 53.5 Å². The number of fused-ring (bicyclic) bond motifs is 2. The van der Waals surface area contributed by atoms with Gasteiger partial charge in [-0.15, -0.1) is 0 Å². The Bertz CT molecular complexity index is 629. The van der Waals surface area contributed by atoms with Crippen LogP contribution in [-0.2, 0) is 10.0 Å². The third kappa shape index (κ3) is 2.26. The second-order valence-corrected chi connectivity index (χ2v) is 7.06. The van der Waals surface area contributed by atoms with Crippen molar-refractivity contribution < 1.29 is 8.42 Å². The van der Waals surface area contributed by atoms with Gasteiger partial charge in [0.2, 0.25) is 10.0 Å². The molecule has 0 radical (unpaired) electrons. The van der Waals surface area contributed by atoms with Crippen molar-refractivity contribution in [3.05, 3.63) is 54.1 Å². The molecule has 2 aliphatic heterocycles. The van der Waals surface area contributed by atoms with E-state index in [0.29, 0.717) is 11.4 Å². The van der Waals surface area contributed by atoms with Gasteiger partial charge in [0.1, 0.15) is 0 Å². The molecule has 1 aromatic rings. The van der Waals surface area contributed by atoms with Crippen LogP contribution < -0.4 is 0 Å². The highest BCUT2D eigenvalue weighted by atomic mass is 32.2. The lowest BCUT2D eigenvalue weighted by Crippen LogP contribution is -2.42. The van der Waals surface area contributed by atoms with Gasteiger partial charge < -0.3 is 0 Å². The third-order valence-electron chi connectivity index (χ3n) is 3.73. The van der Waals surface area contributed by atoms with E-state index in [2.05, 4.69) is 18.2 Å². The molecule has 4 heteroatoms. The van der Waals surface area contributed by atoms with Gasteiger partial charge in [0.25, 0.3) is 0 Å². The predicted molar refractivity (Wildman–Crippen MR) is 75.2 cm³/mol. The van der Waals surface area contributed by atoms with Crippen LogP contribution in [0.2, 0.25) is 0 Å². The lowest BCUT2D eigenvalue weighted by molar-refractivity contribution is 0.340. The maximum atomic E-state index is 12.7. The summed E-state index contributed by atoms with van der Waals surface area (Å²) in [6.07, 6.45) is 9.06. The zero-order valence-electron chi connectivity index (χ0n) is 10.9. The van der Waals surface area contributed by atoms with Crippen molar-refractivity contribution in [2.24, 2.45) is 5.92 Å². The number of hydrogen-bond acceptors (Lipinski definition) is 2. The largest absolute Gasteiger partial charge is 0.243 e. The summed E-state index contributed by atoms with van der Waals surface area (Å²) >= 11 is 0. The number of aryl methyl sites for hydroxylation is 1. The summed E-state index contributed by atoms with van der Waals surface area (Å²) in [6, 6.07) is 7.04. The van der Waals surface area contributed by atoms with Crippen LogP contribution in [0.5, 0.6) is 0 Å². The first-order valence-corrected chi connectivity index (χ1v) is 7.95. The molecule has 1 aromatic carbocycles. The minimum Gasteiger partial charge on any atom is -0.207 e. The van der Waals surface area contributed by atoms with Gasteiger partial charge in [-0.05, 0) is 25.5 Å². The predicted octanol–water partition coefficient (Wildman–Crippen LogP) is 2.50. The zero-order valence-corrected chi connectivity index (χ0v) is 11.7. The van der Waals surface area contributed by atoms with Crippen LogP contribution in [-0.4, -0.2) is 25.3 Å². The van der Waals surface area contributed by atoms with Crippen LogP contribution in [0.4, 0.5) is 0 Å². The molecule has 0 aromatic heterocycles. The van der Waals surface area contributed by atoms with Crippen LogP contribution in [0.25, 0.3) is 0 Å². The topological polar surface area (TPSA) is 37.4 Å². The van der Waals surface area contributed by atoms with Crippen molar-refractivity contribution in [3.63, 3.8) is 0 Å². The van der Waals surface area contributed by atoms with Gasteiger partial charge in [0, 0.05) is 18.5 Å². The molecule has 2 bridgehead atoms. The fourth-order valence-corrected chi connectivity index (χ4v) is 4.24. The Labute approximate surface area is 114 Å². The van der Waals surface area contributed by atoms with E-state index in [9.17, 15) is 8.42 Å². The first-order valence-electron chi connectivity index (χ1n) is 6.51. The molecule has 1 aliphatic carbocycles. The summed E-state index contributed by atoms with van der Waals surface area (Å²) in [5, 5.41) is 0. The smallest absolute Gasteiger partial charge is 0.207 e. The molecule has 100 valence electrons. The lowest BCUT2D eigenvalue weighted by atomic mass is 10.1. The van der Waals surface area contributed by atoms with Gasteiger partial charge in [-0.25, -0.2) is 8.42 Å². The standard InChI is InChI=1S/C15H17NO2S/c1-12-5-9-15(10-6-12)19(17,18)16-11-13-3-2-4-14(16)8-7-13/h2-3,5-10,13-14H,4,11H2,1H3/t13-,14+/m0/s1. The van der Waals surface area contributed by atoms with E-state index >= 15 is 0 Å². The molecule has 3 nitrogen and oxygen atoms in total. The molecule has 19 heavy (non-hydrogen) atoms. The highest BCUT2D eigenvalue weighted by molar-refractivity contribution is 7.89. The molecule has 0 saturated heterocycles. The Hall–Kier alpha value is -1.39. The van der Waals surface area contributed by atoms with E-state index in [1.54, 1.807) is 16.4 Å². The maximum absolute atomic E-state index is 12.7. The van der Waals surface area contributed by atoms with Gasteiger partial charge >= 0.3 is 0 Å². The Balaban J connectivity index is 1.97. The summed E-state index contributed by atoms with van der Waals surface area (Å²) in [4.78, 5) is 0.388. The molecule has 2 atom stereocenters. The summed E-state index contributed by atoms with van der Waals surface area (Å²) in [6.45, 7) is 2.50. The van der Waals surface area contributed by atoms with Crippen molar-refractivity contribution >= 4 is 10.0 Å². The fraction of sp³-hybridized carbons (Fsp3) is 0.333. The number of hydrogen-bond donors (Lipinski definition) is 0. The van der Waals surface area contributed by atoms with E-state index < -0.39 is 10.0 Å². The molecule has 4 rings (SSSR count). The van der Waals surface area contributed by atoms with E-state index in [4.69, 9.17) is 0 Å². The number of nitrogens with zero attached hydrogens (tertiary/aromatic N) is 1. The highest BCUT2D eigenvalue weighted by Gasteiger charge is 2.34. The summed E-state index contributed by atoms with van der Waals surface area (Å²) < 4.78 is 27.0. The first-order chi connectivity index (χ1) is 9.07. The molecule has 0 spiro atoms. The lowest BCUT2D eigenvalue weighted by Gasteiger charge is -2.31. The van der Waals surface area contributed by atoms with Crippen molar-refractivity contribution in [1.82, 2.24) is 4.31 Å². The van der Waals surface area contributed by atoms with Crippen molar-refractivity contribution in [2.75, 3.05) is 6.54 Å². The third-order valence-corrected chi connectivity index (χ3v) is 5.63. The number of rotatable bonds is 2. The van der Waals surface area contributed by atoms with E-state index in [-0.39, 0.29) is 12.0 Å². The van der Waals surface area contributed by atoms with Crippen LogP contribution >= 0.6 is 0 Å². The fourth-order valence-electron chi connectivity index (χ4n) is 2.61. The highest BCUT2D eigenvalue weighted by Crippen LogP contribution is 2.29. The molecule has 0 N–H and O–H groups in total. The maximum Gasteiger partial charge on any atom is 0.243 e. The molecule has 0 amide bonds. The molecule has 0 saturated carbocycles. The number of sulfonamides is 1. The average molecular weight is 275 g/mol. The second-order valence-electron chi connectivity index (χ2n) is 5.17. The first kappa shape index (κ1) is 12.6. The molecule has 2 heterocycles. The number of benzene rings is 1. The Morgan fingerprint density at radius 3 is 2.58 bits per heavy atom. The minimum atomic E-state index is -3.39. The Morgan fingerprint density at radius 1 is 1.11 bits per heavy atom. The summed E-state index contributed by atoms with van der Waals surface area (Å²) in [7, 11) is -3.39. The van der Waals surface area contributed by atoms with Crippen molar-refractivity contribution in [2.45, 2.75) is 24.3 Å². The van der Waals surface area contributed by atoms with Gasteiger partial charge in [-0.3, -0.25) is 0 Å². The monoisotopic (exact) mass is 275 g/mol. The van der Waals surface area contributed by atoms with E-state index in [0.717, 1.165) is 12.0 Å². The Morgan fingerprint density at radius 2 is 1.84 bits per heavy atom. The van der Waals surface area contributed by atoms with Crippen LogP contribution in [0.3, 0.4) is 0 Å². The SMILES string of the molecule is Cc1ccc(S(=O)(=O)N2C[C@H]3C=CC[C@@H]2C=C3)cc1. The van der Waals surface area contributed by atoms with E-state index in [1.165, 1.54) is 0 Å². The molecule has 0 unspecified atom stereocenters. The van der Waals surface area contributed by atoms with Crippen LogP contribution in [0.1, 0.15) is 12.0 Å². The van der Waals surface area contributed by atoms with Crippen molar-refractivity contribution in [1.29, 1.82) is 0 Å². The van der Waals surface area contributed by atoms with Gasteiger partial charge in [-0.1, -0.05) is 42.0 Å². The zero-order chi connectivity index (χ0) is 13.5. The molecule has 0 fully saturated rings. The van der Waals surface area contributed by atoms with Gasteiger partial charge in [-0.2, -0.15) is 4.31 Å². The normalized spacial score (nSPS) is 26.6. The van der Waals surface area contributed by atoms with E-state index in [1.807, 2.05) is 25.1 Å². The molecular formula is C15H17NO2S. The van der Waals surface area contributed by atoms with Crippen molar-refractivity contribution in [3.8, 4) is 0 Å².